The molecule has 7 nitrogen and oxygen atoms in total. The smallest absolute Gasteiger partial charge is 0.411 e. The van der Waals surface area contributed by atoms with Crippen LogP contribution in [0.4, 0.5) is 10.5 Å². The number of hydrogen-bond acceptors (Lipinski definition) is 6. The van der Waals surface area contributed by atoms with Crippen molar-refractivity contribution < 1.29 is 19.1 Å². The lowest BCUT2D eigenvalue weighted by atomic mass is 10.1. The van der Waals surface area contributed by atoms with Crippen molar-refractivity contribution in [2.24, 2.45) is 0 Å². The SMILES string of the molecule is CCOC(=O)Nc1ccccc1-c1nc(=O)c2c(O)cccc2o1. The summed E-state index contributed by atoms with van der Waals surface area (Å²) >= 11 is 0. The summed E-state index contributed by atoms with van der Waals surface area (Å²) in [6, 6.07) is 11.2. The number of aromatic nitrogens is 1. The van der Waals surface area contributed by atoms with Gasteiger partial charge in [-0.3, -0.25) is 10.1 Å². The van der Waals surface area contributed by atoms with Crippen LogP contribution >= 0.6 is 0 Å². The molecule has 3 aromatic rings. The van der Waals surface area contributed by atoms with Gasteiger partial charge in [0, 0.05) is 0 Å². The average Bonchev–Trinajstić information content (AvgIpc) is 2.55. The fraction of sp³-hybridized carbons (Fsp3) is 0.118. The molecule has 0 saturated carbocycles. The highest BCUT2D eigenvalue weighted by atomic mass is 16.5. The van der Waals surface area contributed by atoms with Gasteiger partial charge in [-0.05, 0) is 31.2 Å². The number of aromatic hydroxyl groups is 1. The van der Waals surface area contributed by atoms with Crippen molar-refractivity contribution in [3.05, 3.63) is 52.8 Å². The molecule has 0 fully saturated rings. The number of nitrogens with zero attached hydrogens (tertiary/aromatic N) is 1. The minimum Gasteiger partial charge on any atom is -0.507 e. The van der Waals surface area contributed by atoms with Gasteiger partial charge in [-0.25, -0.2) is 4.79 Å². The average molecular weight is 326 g/mol. The Balaban J connectivity index is 2.11. The minimum atomic E-state index is -0.620. The molecule has 0 radical (unpaired) electrons. The normalized spacial score (nSPS) is 10.5. The number of para-hydroxylation sites is 1. The first-order valence-corrected chi connectivity index (χ1v) is 7.26. The Labute approximate surface area is 136 Å². The lowest BCUT2D eigenvalue weighted by Crippen LogP contribution is -2.14. The number of anilines is 1. The van der Waals surface area contributed by atoms with Crippen LogP contribution in [0.3, 0.4) is 0 Å². The zero-order valence-corrected chi connectivity index (χ0v) is 12.8. The van der Waals surface area contributed by atoms with Gasteiger partial charge in [0.05, 0.1) is 17.9 Å². The zero-order chi connectivity index (χ0) is 17.1. The third kappa shape index (κ3) is 2.91. The molecule has 0 aliphatic heterocycles. The van der Waals surface area contributed by atoms with Crippen LogP contribution in [0.5, 0.6) is 5.75 Å². The molecule has 24 heavy (non-hydrogen) atoms. The van der Waals surface area contributed by atoms with Gasteiger partial charge in [0.15, 0.2) is 0 Å². The van der Waals surface area contributed by atoms with Crippen LogP contribution < -0.4 is 10.9 Å². The molecule has 0 unspecified atom stereocenters. The summed E-state index contributed by atoms with van der Waals surface area (Å²) in [5.74, 6) is -0.163. The summed E-state index contributed by atoms with van der Waals surface area (Å²) in [7, 11) is 0. The van der Waals surface area contributed by atoms with Crippen molar-refractivity contribution in [1.82, 2.24) is 4.98 Å². The van der Waals surface area contributed by atoms with Crippen molar-refractivity contribution in [3.8, 4) is 17.2 Å². The van der Waals surface area contributed by atoms with Crippen LogP contribution in [-0.2, 0) is 4.74 Å². The molecule has 0 aliphatic carbocycles. The first kappa shape index (κ1) is 15.5. The Bertz CT molecular complexity index is 965. The molecule has 0 spiro atoms. The summed E-state index contributed by atoms with van der Waals surface area (Å²) in [5, 5.41) is 12.4. The number of hydrogen-bond donors (Lipinski definition) is 2. The number of nitrogens with one attached hydrogen (secondary N) is 1. The number of fused-ring (bicyclic) bond motifs is 1. The summed E-state index contributed by atoms with van der Waals surface area (Å²) in [4.78, 5) is 27.7. The third-order valence-electron chi connectivity index (χ3n) is 3.30. The van der Waals surface area contributed by atoms with E-state index in [1.54, 1.807) is 43.3 Å². The molecule has 0 atom stereocenters. The second-order valence-corrected chi connectivity index (χ2v) is 4.87. The Hall–Kier alpha value is -3.35. The van der Waals surface area contributed by atoms with Gasteiger partial charge in [0.1, 0.15) is 16.7 Å². The fourth-order valence-electron chi connectivity index (χ4n) is 2.27. The van der Waals surface area contributed by atoms with E-state index in [-0.39, 0.29) is 29.2 Å². The molecule has 0 aliphatic rings. The molecular formula is C17H14N2O5. The van der Waals surface area contributed by atoms with Gasteiger partial charge in [-0.2, -0.15) is 4.98 Å². The molecule has 0 bridgehead atoms. The standard InChI is InChI=1S/C17H14N2O5/c1-2-23-17(22)18-11-7-4-3-6-10(11)16-19-15(21)14-12(20)8-5-9-13(14)24-16/h3-9,20H,2H2,1H3,(H,18,22). The van der Waals surface area contributed by atoms with Gasteiger partial charge < -0.3 is 14.3 Å². The van der Waals surface area contributed by atoms with Crippen LogP contribution in [0.15, 0.2) is 51.7 Å². The second kappa shape index (κ2) is 6.41. The van der Waals surface area contributed by atoms with Gasteiger partial charge in [-0.15, -0.1) is 0 Å². The Morgan fingerprint density at radius 2 is 2.04 bits per heavy atom. The Morgan fingerprint density at radius 1 is 1.25 bits per heavy atom. The summed E-state index contributed by atoms with van der Waals surface area (Å²) in [5.41, 5.74) is 0.408. The van der Waals surface area contributed by atoms with E-state index in [9.17, 15) is 14.7 Å². The highest BCUT2D eigenvalue weighted by molar-refractivity contribution is 5.90. The van der Waals surface area contributed by atoms with E-state index in [2.05, 4.69) is 10.3 Å². The molecule has 122 valence electrons. The molecule has 1 amide bonds. The van der Waals surface area contributed by atoms with Gasteiger partial charge in [-0.1, -0.05) is 18.2 Å². The number of rotatable bonds is 3. The molecule has 3 rings (SSSR count). The van der Waals surface area contributed by atoms with Gasteiger partial charge in [0.25, 0.3) is 5.56 Å². The topological polar surface area (TPSA) is 102 Å². The lowest BCUT2D eigenvalue weighted by Gasteiger charge is -2.10. The minimum absolute atomic E-state index is 0.0112. The quantitative estimate of drug-likeness (QED) is 0.766. The van der Waals surface area contributed by atoms with Crippen LogP contribution in [0.25, 0.3) is 22.4 Å². The van der Waals surface area contributed by atoms with E-state index in [1.807, 2.05) is 0 Å². The highest BCUT2D eigenvalue weighted by Crippen LogP contribution is 2.29. The van der Waals surface area contributed by atoms with E-state index in [1.165, 1.54) is 6.07 Å². The number of benzene rings is 2. The lowest BCUT2D eigenvalue weighted by molar-refractivity contribution is 0.168. The number of ether oxygens (including phenoxy) is 1. The maximum Gasteiger partial charge on any atom is 0.411 e. The third-order valence-corrected chi connectivity index (χ3v) is 3.30. The van der Waals surface area contributed by atoms with Crippen LogP contribution in [0, 0.1) is 0 Å². The van der Waals surface area contributed by atoms with Crippen LogP contribution in [-0.4, -0.2) is 22.8 Å². The molecule has 1 aromatic heterocycles. The van der Waals surface area contributed by atoms with Crippen molar-refractivity contribution in [2.45, 2.75) is 6.92 Å². The number of carbonyl (C=O) groups excluding carboxylic acids is 1. The largest absolute Gasteiger partial charge is 0.507 e. The predicted molar refractivity (Wildman–Crippen MR) is 88.0 cm³/mol. The highest BCUT2D eigenvalue weighted by Gasteiger charge is 2.15. The summed E-state index contributed by atoms with van der Waals surface area (Å²) in [6.45, 7) is 1.93. The Kier molecular flexibility index (Phi) is 4.15. The second-order valence-electron chi connectivity index (χ2n) is 4.87. The number of carbonyl (C=O) groups is 1. The molecule has 2 aromatic carbocycles. The molecule has 1 heterocycles. The van der Waals surface area contributed by atoms with E-state index in [0.717, 1.165) is 0 Å². The van der Waals surface area contributed by atoms with Crippen molar-refractivity contribution >= 4 is 22.7 Å². The van der Waals surface area contributed by atoms with Crippen molar-refractivity contribution in [2.75, 3.05) is 11.9 Å². The number of phenolic OH excluding ortho intramolecular Hbond substituents is 1. The molecule has 2 N–H and O–H groups in total. The predicted octanol–water partition coefficient (Wildman–Crippen LogP) is 3.13. The summed E-state index contributed by atoms with van der Waals surface area (Å²) in [6.07, 6.45) is -0.620. The monoisotopic (exact) mass is 326 g/mol. The fourth-order valence-corrected chi connectivity index (χ4v) is 2.27. The van der Waals surface area contributed by atoms with Crippen molar-refractivity contribution in [1.29, 1.82) is 0 Å². The van der Waals surface area contributed by atoms with Crippen molar-refractivity contribution in [3.63, 3.8) is 0 Å². The molecular weight excluding hydrogens is 312 g/mol. The van der Waals surface area contributed by atoms with E-state index in [0.29, 0.717) is 11.3 Å². The maximum atomic E-state index is 12.2. The van der Waals surface area contributed by atoms with Crippen LogP contribution in [0.1, 0.15) is 6.92 Å². The van der Waals surface area contributed by atoms with Gasteiger partial charge >= 0.3 is 6.09 Å². The van der Waals surface area contributed by atoms with E-state index in [4.69, 9.17) is 9.15 Å². The first-order valence-electron chi connectivity index (χ1n) is 7.26. The molecule has 0 saturated heterocycles. The number of phenols is 1. The maximum absolute atomic E-state index is 12.2. The Morgan fingerprint density at radius 3 is 2.83 bits per heavy atom. The zero-order valence-electron chi connectivity index (χ0n) is 12.8. The van der Waals surface area contributed by atoms with Gasteiger partial charge in [0.2, 0.25) is 5.89 Å². The summed E-state index contributed by atoms with van der Waals surface area (Å²) < 4.78 is 10.5. The van der Waals surface area contributed by atoms with E-state index >= 15 is 0 Å². The number of amides is 1. The van der Waals surface area contributed by atoms with E-state index < -0.39 is 11.7 Å². The molecule has 7 heteroatoms. The van der Waals surface area contributed by atoms with Crippen LogP contribution in [0.2, 0.25) is 0 Å². The first-order chi connectivity index (χ1) is 11.6.